The Bertz CT molecular complexity index is 211. The molecule has 0 aromatic heterocycles. The van der Waals surface area contributed by atoms with E-state index < -0.39 is 0 Å². The summed E-state index contributed by atoms with van der Waals surface area (Å²) < 4.78 is 0. The highest BCUT2D eigenvalue weighted by molar-refractivity contribution is 4.84. The number of hydrogen-bond donors (Lipinski definition) is 2. The van der Waals surface area contributed by atoms with Crippen LogP contribution in [0.15, 0.2) is 0 Å². The number of rotatable bonds is 2. The van der Waals surface area contributed by atoms with Gasteiger partial charge in [0.15, 0.2) is 0 Å². The standard InChI is InChI=1S/C14H27NO/c1-10-3-4-13(9-11(10)2)15-12-5-7-14(16)8-6-12/h10-16H,3-9H2,1-2H3. The summed E-state index contributed by atoms with van der Waals surface area (Å²) in [5, 5.41) is 13.3. The minimum Gasteiger partial charge on any atom is -0.393 e. The fourth-order valence-electron chi connectivity index (χ4n) is 3.27. The zero-order valence-electron chi connectivity index (χ0n) is 10.8. The lowest BCUT2D eigenvalue weighted by Crippen LogP contribution is -2.44. The van der Waals surface area contributed by atoms with Gasteiger partial charge >= 0.3 is 0 Å². The van der Waals surface area contributed by atoms with Crippen molar-refractivity contribution in [2.75, 3.05) is 0 Å². The Kier molecular flexibility index (Phi) is 4.26. The molecule has 0 bridgehead atoms. The van der Waals surface area contributed by atoms with Crippen LogP contribution in [-0.4, -0.2) is 23.3 Å². The molecule has 0 aromatic rings. The molecule has 16 heavy (non-hydrogen) atoms. The molecule has 0 saturated heterocycles. The molecule has 3 atom stereocenters. The van der Waals surface area contributed by atoms with Crippen LogP contribution in [0.4, 0.5) is 0 Å². The molecule has 3 unspecified atom stereocenters. The first-order chi connectivity index (χ1) is 7.65. The smallest absolute Gasteiger partial charge is 0.0541 e. The number of aliphatic hydroxyl groups excluding tert-OH is 1. The molecule has 0 spiro atoms. The van der Waals surface area contributed by atoms with E-state index in [-0.39, 0.29) is 6.10 Å². The molecule has 2 saturated carbocycles. The fraction of sp³-hybridized carbons (Fsp3) is 1.00. The van der Waals surface area contributed by atoms with Gasteiger partial charge in [0.25, 0.3) is 0 Å². The topological polar surface area (TPSA) is 32.3 Å². The van der Waals surface area contributed by atoms with Crippen LogP contribution < -0.4 is 5.32 Å². The van der Waals surface area contributed by atoms with Crippen molar-refractivity contribution in [1.29, 1.82) is 0 Å². The first-order valence-electron chi connectivity index (χ1n) is 7.09. The Morgan fingerprint density at radius 2 is 1.44 bits per heavy atom. The molecule has 2 rings (SSSR count). The Morgan fingerprint density at radius 3 is 2.06 bits per heavy atom. The lowest BCUT2D eigenvalue weighted by Gasteiger charge is -2.36. The normalized spacial score (nSPS) is 45.6. The maximum absolute atomic E-state index is 9.48. The summed E-state index contributed by atoms with van der Waals surface area (Å²) in [4.78, 5) is 0. The summed E-state index contributed by atoms with van der Waals surface area (Å²) in [5.74, 6) is 1.78. The summed E-state index contributed by atoms with van der Waals surface area (Å²) in [6.45, 7) is 4.78. The maximum atomic E-state index is 9.48. The van der Waals surface area contributed by atoms with Gasteiger partial charge in [-0.3, -0.25) is 0 Å². The quantitative estimate of drug-likeness (QED) is 0.757. The van der Waals surface area contributed by atoms with Crippen molar-refractivity contribution in [3.05, 3.63) is 0 Å². The Balaban J connectivity index is 1.73. The van der Waals surface area contributed by atoms with E-state index in [4.69, 9.17) is 0 Å². The van der Waals surface area contributed by atoms with Crippen LogP contribution in [0.1, 0.15) is 58.8 Å². The van der Waals surface area contributed by atoms with Crippen LogP contribution in [0.25, 0.3) is 0 Å². The molecule has 0 aromatic carbocycles. The number of aliphatic hydroxyl groups is 1. The second kappa shape index (κ2) is 5.50. The molecule has 0 heterocycles. The third-order valence-electron chi connectivity index (χ3n) is 4.77. The minimum atomic E-state index is -0.0247. The summed E-state index contributed by atoms with van der Waals surface area (Å²) in [7, 11) is 0. The Labute approximate surface area is 99.8 Å². The fourth-order valence-corrected chi connectivity index (χ4v) is 3.27. The van der Waals surface area contributed by atoms with Crippen molar-refractivity contribution < 1.29 is 5.11 Å². The van der Waals surface area contributed by atoms with E-state index in [0.29, 0.717) is 6.04 Å². The van der Waals surface area contributed by atoms with E-state index in [0.717, 1.165) is 30.7 Å². The molecular weight excluding hydrogens is 198 g/mol. The first kappa shape index (κ1) is 12.4. The molecule has 2 heteroatoms. The van der Waals surface area contributed by atoms with Crippen molar-refractivity contribution >= 4 is 0 Å². The van der Waals surface area contributed by atoms with Crippen molar-refractivity contribution in [1.82, 2.24) is 5.32 Å². The lowest BCUT2D eigenvalue weighted by atomic mass is 9.78. The van der Waals surface area contributed by atoms with E-state index in [1.54, 1.807) is 0 Å². The highest BCUT2D eigenvalue weighted by atomic mass is 16.3. The third-order valence-corrected chi connectivity index (χ3v) is 4.77. The molecule has 0 amide bonds. The maximum Gasteiger partial charge on any atom is 0.0541 e. The first-order valence-corrected chi connectivity index (χ1v) is 7.09. The lowest BCUT2D eigenvalue weighted by molar-refractivity contribution is 0.108. The molecule has 2 fully saturated rings. The van der Waals surface area contributed by atoms with Gasteiger partial charge in [-0.1, -0.05) is 13.8 Å². The largest absolute Gasteiger partial charge is 0.393 e. The Hall–Kier alpha value is -0.0800. The van der Waals surface area contributed by atoms with Crippen LogP contribution in [-0.2, 0) is 0 Å². The average molecular weight is 225 g/mol. The van der Waals surface area contributed by atoms with E-state index in [1.165, 1.54) is 32.1 Å². The third kappa shape index (κ3) is 3.21. The number of nitrogens with one attached hydrogen (secondary N) is 1. The molecule has 2 nitrogen and oxygen atoms in total. The van der Waals surface area contributed by atoms with Crippen molar-refractivity contribution in [3.8, 4) is 0 Å². The molecule has 2 aliphatic rings. The molecular formula is C14H27NO. The summed E-state index contributed by atoms with van der Waals surface area (Å²) in [6, 6.07) is 1.42. The predicted molar refractivity (Wildman–Crippen MR) is 67.4 cm³/mol. The van der Waals surface area contributed by atoms with Crippen LogP contribution in [0.3, 0.4) is 0 Å². The molecule has 0 radical (unpaired) electrons. The molecule has 2 aliphatic carbocycles. The summed E-state index contributed by atoms with van der Waals surface area (Å²) >= 11 is 0. The van der Waals surface area contributed by atoms with Crippen LogP contribution in [0.5, 0.6) is 0 Å². The second-order valence-corrected chi connectivity index (χ2v) is 6.14. The predicted octanol–water partition coefficient (Wildman–Crippen LogP) is 2.70. The monoisotopic (exact) mass is 225 g/mol. The average Bonchev–Trinajstić information content (AvgIpc) is 2.27. The van der Waals surface area contributed by atoms with E-state index in [9.17, 15) is 5.11 Å². The van der Waals surface area contributed by atoms with Crippen LogP contribution in [0, 0.1) is 11.8 Å². The van der Waals surface area contributed by atoms with Gasteiger partial charge in [-0.2, -0.15) is 0 Å². The molecule has 2 N–H and O–H groups in total. The van der Waals surface area contributed by atoms with Gasteiger partial charge < -0.3 is 10.4 Å². The second-order valence-electron chi connectivity index (χ2n) is 6.14. The molecule has 0 aliphatic heterocycles. The van der Waals surface area contributed by atoms with Crippen molar-refractivity contribution in [3.63, 3.8) is 0 Å². The van der Waals surface area contributed by atoms with Gasteiger partial charge in [-0.15, -0.1) is 0 Å². The minimum absolute atomic E-state index is 0.0247. The molecule has 94 valence electrons. The van der Waals surface area contributed by atoms with Crippen molar-refractivity contribution in [2.24, 2.45) is 11.8 Å². The van der Waals surface area contributed by atoms with Gasteiger partial charge in [0.2, 0.25) is 0 Å². The number of hydrogen-bond acceptors (Lipinski definition) is 2. The summed E-state index contributed by atoms with van der Waals surface area (Å²) in [6.07, 6.45) is 8.39. The van der Waals surface area contributed by atoms with Crippen molar-refractivity contribution in [2.45, 2.75) is 77.0 Å². The zero-order chi connectivity index (χ0) is 11.5. The van der Waals surface area contributed by atoms with Crippen LogP contribution in [0.2, 0.25) is 0 Å². The van der Waals surface area contributed by atoms with Gasteiger partial charge in [0.05, 0.1) is 6.10 Å². The Morgan fingerprint density at radius 1 is 0.812 bits per heavy atom. The van der Waals surface area contributed by atoms with Gasteiger partial charge in [-0.25, -0.2) is 0 Å². The van der Waals surface area contributed by atoms with Gasteiger partial charge in [0, 0.05) is 12.1 Å². The summed E-state index contributed by atoms with van der Waals surface area (Å²) in [5.41, 5.74) is 0. The van der Waals surface area contributed by atoms with Crippen LogP contribution >= 0.6 is 0 Å². The van der Waals surface area contributed by atoms with E-state index in [2.05, 4.69) is 19.2 Å². The van der Waals surface area contributed by atoms with Gasteiger partial charge in [-0.05, 0) is 56.8 Å². The SMILES string of the molecule is CC1CCC(NC2CCC(O)CC2)CC1C. The van der Waals surface area contributed by atoms with E-state index in [1.807, 2.05) is 0 Å². The highest BCUT2D eigenvalue weighted by Gasteiger charge is 2.27. The van der Waals surface area contributed by atoms with Gasteiger partial charge in [0.1, 0.15) is 0 Å². The highest BCUT2D eigenvalue weighted by Crippen LogP contribution is 2.30. The zero-order valence-corrected chi connectivity index (χ0v) is 10.8. The van der Waals surface area contributed by atoms with E-state index >= 15 is 0 Å².